The Morgan fingerprint density at radius 2 is 2.50 bits per heavy atom. The van der Waals surface area contributed by atoms with E-state index in [-0.39, 0.29) is 11.9 Å². The molecule has 1 unspecified atom stereocenters. The van der Waals surface area contributed by atoms with Crippen LogP contribution in [0.2, 0.25) is 0 Å². The average molecular weight is 269 g/mol. The van der Waals surface area contributed by atoms with Gasteiger partial charge in [0.25, 0.3) is 0 Å². The fourth-order valence-electron chi connectivity index (χ4n) is 1.74. The van der Waals surface area contributed by atoms with Gasteiger partial charge in [0.2, 0.25) is 5.91 Å². The van der Waals surface area contributed by atoms with E-state index < -0.39 is 5.97 Å². The number of carbonyl (C=O) groups excluding carboxylic acids is 2. The van der Waals surface area contributed by atoms with E-state index in [0.717, 1.165) is 0 Å². The molecule has 7 heteroatoms. The van der Waals surface area contributed by atoms with Crippen molar-refractivity contribution in [2.75, 3.05) is 24.6 Å². The lowest BCUT2D eigenvalue weighted by Crippen LogP contribution is -2.54. The number of anilines is 1. The zero-order valence-electron chi connectivity index (χ0n) is 10.3. The van der Waals surface area contributed by atoms with Crippen LogP contribution in [0.1, 0.15) is 24.3 Å². The minimum absolute atomic E-state index is 0.0193. The van der Waals surface area contributed by atoms with Gasteiger partial charge in [-0.2, -0.15) is 0 Å². The van der Waals surface area contributed by atoms with Crippen molar-refractivity contribution in [1.82, 2.24) is 10.3 Å². The average Bonchev–Trinajstić information content (AvgIpc) is 2.82. The second-order valence-electron chi connectivity index (χ2n) is 3.90. The molecule has 0 saturated carbocycles. The third-order valence-electron chi connectivity index (χ3n) is 2.72. The van der Waals surface area contributed by atoms with Crippen LogP contribution in [0.15, 0.2) is 5.38 Å². The number of amides is 1. The molecule has 0 bridgehead atoms. The van der Waals surface area contributed by atoms with E-state index >= 15 is 0 Å². The Hall–Kier alpha value is -1.63. The van der Waals surface area contributed by atoms with Crippen LogP contribution < -0.4 is 10.2 Å². The maximum Gasteiger partial charge on any atom is 0.357 e. The summed E-state index contributed by atoms with van der Waals surface area (Å²) in [5, 5.41) is 5.13. The number of carbonyl (C=O) groups is 2. The van der Waals surface area contributed by atoms with E-state index in [9.17, 15) is 9.59 Å². The number of hydrogen-bond donors (Lipinski definition) is 1. The fraction of sp³-hybridized carbons (Fsp3) is 0.545. The van der Waals surface area contributed by atoms with Gasteiger partial charge < -0.3 is 15.0 Å². The van der Waals surface area contributed by atoms with Gasteiger partial charge in [-0.3, -0.25) is 4.79 Å². The standard InChI is InChI=1S/C11H15N3O3S/c1-3-17-10(16)8-6-18-11(13-8)14-5-4-12-9(15)7(14)2/h6-7H,3-5H2,1-2H3,(H,12,15). The zero-order valence-corrected chi connectivity index (χ0v) is 11.1. The summed E-state index contributed by atoms with van der Waals surface area (Å²) in [6.45, 7) is 5.19. The van der Waals surface area contributed by atoms with Crippen LogP contribution in [-0.4, -0.2) is 42.6 Å². The van der Waals surface area contributed by atoms with E-state index in [4.69, 9.17) is 4.74 Å². The van der Waals surface area contributed by atoms with Gasteiger partial charge in [-0.25, -0.2) is 9.78 Å². The van der Waals surface area contributed by atoms with Crippen molar-refractivity contribution in [3.05, 3.63) is 11.1 Å². The van der Waals surface area contributed by atoms with Crippen molar-refractivity contribution in [3.8, 4) is 0 Å². The Kier molecular flexibility index (Phi) is 3.81. The lowest BCUT2D eigenvalue weighted by atomic mass is 10.2. The zero-order chi connectivity index (χ0) is 13.1. The van der Waals surface area contributed by atoms with Crippen LogP contribution in [0, 0.1) is 0 Å². The van der Waals surface area contributed by atoms with Crippen molar-refractivity contribution in [3.63, 3.8) is 0 Å². The summed E-state index contributed by atoms with van der Waals surface area (Å²) in [6, 6.07) is -0.264. The van der Waals surface area contributed by atoms with Crippen LogP contribution in [-0.2, 0) is 9.53 Å². The molecule has 1 aliphatic heterocycles. The molecule has 1 amide bonds. The Bertz CT molecular complexity index is 460. The Morgan fingerprint density at radius 3 is 3.22 bits per heavy atom. The van der Waals surface area contributed by atoms with E-state index in [1.165, 1.54) is 11.3 Å². The smallest absolute Gasteiger partial charge is 0.357 e. The third-order valence-corrected chi connectivity index (χ3v) is 3.60. The largest absolute Gasteiger partial charge is 0.461 e. The maximum atomic E-state index is 11.6. The molecule has 1 atom stereocenters. The van der Waals surface area contributed by atoms with Gasteiger partial charge in [0.05, 0.1) is 6.61 Å². The molecule has 6 nitrogen and oxygen atoms in total. The molecule has 1 aromatic rings. The number of nitrogens with one attached hydrogen (secondary N) is 1. The molecule has 1 fully saturated rings. The highest BCUT2D eigenvalue weighted by molar-refractivity contribution is 7.14. The van der Waals surface area contributed by atoms with Gasteiger partial charge in [0, 0.05) is 18.5 Å². The first-order valence-electron chi connectivity index (χ1n) is 5.80. The number of aromatic nitrogens is 1. The molecular weight excluding hydrogens is 254 g/mol. The lowest BCUT2D eigenvalue weighted by Gasteiger charge is -2.32. The molecule has 98 valence electrons. The molecule has 1 aromatic heterocycles. The Balaban J connectivity index is 2.14. The first kappa shape index (κ1) is 12.8. The summed E-state index contributed by atoms with van der Waals surface area (Å²) in [7, 11) is 0. The van der Waals surface area contributed by atoms with E-state index in [1.54, 1.807) is 12.3 Å². The number of esters is 1. The van der Waals surface area contributed by atoms with Gasteiger partial charge in [-0.05, 0) is 13.8 Å². The third kappa shape index (κ3) is 2.45. The first-order chi connectivity index (χ1) is 8.63. The molecule has 2 heterocycles. The number of hydrogen-bond acceptors (Lipinski definition) is 6. The van der Waals surface area contributed by atoms with Crippen molar-refractivity contribution < 1.29 is 14.3 Å². The molecule has 0 spiro atoms. The minimum Gasteiger partial charge on any atom is -0.461 e. The maximum absolute atomic E-state index is 11.6. The monoisotopic (exact) mass is 269 g/mol. The summed E-state index contributed by atoms with van der Waals surface area (Å²) in [6.07, 6.45) is 0. The molecule has 0 aliphatic carbocycles. The second-order valence-corrected chi connectivity index (χ2v) is 4.73. The molecule has 1 saturated heterocycles. The molecule has 18 heavy (non-hydrogen) atoms. The van der Waals surface area contributed by atoms with Crippen LogP contribution in [0.4, 0.5) is 5.13 Å². The van der Waals surface area contributed by atoms with Crippen LogP contribution >= 0.6 is 11.3 Å². The quantitative estimate of drug-likeness (QED) is 0.816. The Morgan fingerprint density at radius 1 is 1.72 bits per heavy atom. The molecule has 0 radical (unpaired) electrons. The van der Waals surface area contributed by atoms with E-state index in [2.05, 4.69) is 10.3 Å². The van der Waals surface area contributed by atoms with E-state index in [1.807, 2.05) is 11.8 Å². The highest BCUT2D eigenvalue weighted by Crippen LogP contribution is 2.23. The van der Waals surface area contributed by atoms with E-state index in [0.29, 0.717) is 30.5 Å². The van der Waals surface area contributed by atoms with Gasteiger partial charge in [-0.15, -0.1) is 11.3 Å². The highest BCUT2D eigenvalue weighted by atomic mass is 32.1. The summed E-state index contributed by atoms with van der Waals surface area (Å²) < 4.78 is 4.88. The number of thiazole rings is 1. The van der Waals surface area contributed by atoms with Crippen molar-refractivity contribution in [2.45, 2.75) is 19.9 Å². The van der Waals surface area contributed by atoms with Gasteiger partial charge in [0.15, 0.2) is 10.8 Å². The molecule has 0 aromatic carbocycles. The fourth-order valence-corrected chi connectivity index (χ4v) is 2.64. The minimum atomic E-state index is -0.422. The molecule has 2 rings (SSSR count). The van der Waals surface area contributed by atoms with Crippen LogP contribution in [0.25, 0.3) is 0 Å². The summed E-state index contributed by atoms with van der Waals surface area (Å²) >= 11 is 1.35. The van der Waals surface area contributed by atoms with Crippen molar-refractivity contribution in [2.24, 2.45) is 0 Å². The predicted molar refractivity (Wildman–Crippen MR) is 67.9 cm³/mol. The summed E-state index contributed by atoms with van der Waals surface area (Å²) in [4.78, 5) is 29.2. The molecular formula is C11H15N3O3S. The predicted octanol–water partition coefficient (Wildman–Crippen LogP) is 0.644. The number of rotatable bonds is 3. The number of nitrogens with zero attached hydrogens (tertiary/aromatic N) is 2. The first-order valence-corrected chi connectivity index (χ1v) is 6.68. The van der Waals surface area contributed by atoms with Crippen LogP contribution in [0.3, 0.4) is 0 Å². The Labute approximate surface area is 109 Å². The van der Waals surface area contributed by atoms with Gasteiger partial charge in [0.1, 0.15) is 6.04 Å². The topological polar surface area (TPSA) is 71.5 Å². The normalized spacial score (nSPS) is 19.6. The molecule has 1 N–H and O–H groups in total. The van der Waals surface area contributed by atoms with Crippen molar-refractivity contribution >= 4 is 28.3 Å². The highest BCUT2D eigenvalue weighted by Gasteiger charge is 2.28. The van der Waals surface area contributed by atoms with Crippen molar-refractivity contribution in [1.29, 1.82) is 0 Å². The summed E-state index contributed by atoms with van der Waals surface area (Å²) in [5.74, 6) is -0.441. The number of piperazine rings is 1. The van der Waals surface area contributed by atoms with Gasteiger partial charge >= 0.3 is 5.97 Å². The SMILES string of the molecule is CCOC(=O)c1csc(N2CCNC(=O)C2C)n1. The van der Waals surface area contributed by atoms with Crippen LogP contribution in [0.5, 0.6) is 0 Å². The van der Waals surface area contributed by atoms with Gasteiger partial charge in [-0.1, -0.05) is 0 Å². The summed E-state index contributed by atoms with van der Waals surface area (Å²) in [5.41, 5.74) is 0.301. The second kappa shape index (κ2) is 5.34. The number of ether oxygens (including phenoxy) is 1. The lowest BCUT2D eigenvalue weighted by molar-refractivity contribution is -0.122. The molecule has 1 aliphatic rings.